The highest BCUT2D eigenvalue weighted by atomic mass is 32.2. The first-order valence-corrected chi connectivity index (χ1v) is 11.4. The number of hydrogen-bond acceptors (Lipinski definition) is 6. The molecule has 0 radical (unpaired) electrons. The molecule has 0 saturated carbocycles. The van der Waals surface area contributed by atoms with Crippen LogP contribution in [0.3, 0.4) is 0 Å². The van der Waals surface area contributed by atoms with Gasteiger partial charge in [0.15, 0.2) is 9.84 Å². The maximum atomic E-state index is 12.6. The summed E-state index contributed by atoms with van der Waals surface area (Å²) in [5.74, 6) is -0.367. The van der Waals surface area contributed by atoms with E-state index in [1.54, 1.807) is 29.2 Å². The van der Waals surface area contributed by atoms with Crippen molar-refractivity contribution in [2.24, 2.45) is 4.99 Å². The molecule has 2 aliphatic heterocycles. The second-order valence-corrected chi connectivity index (χ2v) is 9.12. The lowest BCUT2D eigenvalue weighted by Gasteiger charge is -2.21. The van der Waals surface area contributed by atoms with Crippen LogP contribution >= 0.6 is 0 Å². The number of amidine groups is 1. The fourth-order valence-electron chi connectivity index (χ4n) is 3.21. The summed E-state index contributed by atoms with van der Waals surface area (Å²) in [6.45, 7) is 0.877. The van der Waals surface area contributed by atoms with Crippen LogP contribution in [0.25, 0.3) is 0 Å². The monoisotopic (exact) mass is 440 g/mol. The molecule has 2 aliphatic rings. The Morgan fingerprint density at radius 1 is 1.10 bits per heavy atom. The Hall–Kier alpha value is -3.66. The van der Waals surface area contributed by atoms with Gasteiger partial charge in [-0.25, -0.2) is 13.2 Å². The normalized spacial score (nSPS) is 16.1. The molecule has 2 heterocycles. The lowest BCUT2D eigenvalue weighted by Crippen LogP contribution is -2.36. The van der Waals surface area contributed by atoms with Gasteiger partial charge in [0.2, 0.25) is 0 Å². The van der Waals surface area contributed by atoms with Crippen molar-refractivity contribution < 1.29 is 22.7 Å². The molecule has 0 aliphatic carbocycles. The number of benzene rings is 2. The number of carbonyl (C=O) groups excluding carboxylic acids is 2. The van der Waals surface area contributed by atoms with Crippen LogP contribution in [-0.4, -0.2) is 55.5 Å². The number of urea groups is 1. The summed E-state index contributed by atoms with van der Waals surface area (Å²) >= 11 is 0. The highest BCUT2D eigenvalue weighted by Gasteiger charge is 2.33. The van der Waals surface area contributed by atoms with Gasteiger partial charge in [0, 0.05) is 31.6 Å². The third-order valence-electron chi connectivity index (χ3n) is 4.84. The van der Waals surface area contributed by atoms with Gasteiger partial charge in [0.1, 0.15) is 12.0 Å². The quantitative estimate of drug-likeness (QED) is 0.764. The van der Waals surface area contributed by atoms with Crippen molar-refractivity contribution in [3.8, 4) is 0 Å². The van der Waals surface area contributed by atoms with Crippen molar-refractivity contribution in [1.82, 2.24) is 9.80 Å². The van der Waals surface area contributed by atoms with Crippen molar-refractivity contribution in [2.75, 3.05) is 24.7 Å². The molecule has 0 spiro atoms. The first kappa shape index (κ1) is 20.6. The summed E-state index contributed by atoms with van der Waals surface area (Å²) in [6, 6.07) is 14.9. The van der Waals surface area contributed by atoms with Gasteiger partial charge < -0.3 is 15.0 Å². The first-order valence-electron chi connectivity index (χ1n) is 9.48. The first-order chi connectivity index (χ1) is 14.8. The van der Waals surface area contributed by atoms with Crippen molar-refractivity contribution in [1.29, 1.82) is 0 Å². The Labute approximate surface area is 179 Å². The molecular formula is C21H20N4O5S. The van der Waals surface area contributed by atoms with E-state index in [0.717, 1.165) is 11.8 Å². The number of rotatable bonds is 5. The molecule has 0 bridgehead atoms. The van der Waals surface area contributed by atoms with Crippen LogP contribution in [0.15, 0.2) is 76.4 Å². The summed E-state index contributed by atoms with van der Waals surface area (Å²) in [5, 5.41) is 2.79. The molecule has 31 heavy (non-hydrogen) atoms. The second-order valence-electron chi connectivity index (χ2n) is 7.11. The van der Waals surface area contributed by atoms with Crippen molar-refractivity contribution in [2.45, 2.75) is 11.4 Å². The van der Waals surface area contributed by atoms with Crippen LogP contribution in [0.5, 0.6) is 0 Å². The average molecular weight is 440 g/mol. The number of hydrogen-bond donors (Lipinski definition) is 1. The molecular weight excluding hydrogens is 420 g/mol. The third kappa shape index (κ3) is 4.58. The molecule has 10 heteroatoms. The van der Waals surface area contributed by atoms with Gasteiger partial charge in [0.25, 0.3) is 5.91 Å². The number of fused-ring (bicyclic) bond motifs is 1. The number of amides is 3. The number of nitrogens with zero attached hydrogens (tertiary/aromatic N) is 3. The van der Waals surface area contributed by atoms with E-state index in [1.165, 1.54) is 23.3 Å². The van der Waals surface area contributed by atoms with Gasteiger partial charge in [-0.3, -0.25) is 9.69 Å². The topological polar surface area (TPSA) is 108 Å². The zero-order valence-electron chi connectivity index (χ0n) is 16.7. The van der Waals surface area contributed by atoms with E-state index in [1.807, 2.05) is 18.2 Å². The molecule has 0 atom stereocenters. The zero-order valence-corrected chi connectivity index (χ0v) is 17.5. The SMILES string of the molecule is CS(=O)(=O)c1ccc(CN2CCN3C(C(=O)Nc4ccccc4)=COC3=NC2=O)cc1. The van der Waals surface area contributed by atoms with Gasteiger partial charge in [-0.2, -0.15) is 0 Å². The van der Waals surface area contributed by atoms with E-state index in [4.69, 9.17) is 4.74 Å². The molecule has 9 nitrogen and oxygen atoms in total. The molecule has 0 fully saturated rings. The summed E-state index contributed by atoms with van der Waals surface area (Å²) in [7, 11) is -3.29. The van der Waals surface area contributed by atoms with E-state index < -0.39 is 15.9 Å². The minimum absolute atomic E-state index is 0.0538. The molecule has 0 saturated heterocycles. The number of aliphatic imine (C=N–C) groups is 1. The van der Waals surface area contributed by atoms with Crippen LogP contribution < -0.4 is 5.32 Å². The fourth-order valence-corrected chi connectivity index (χ4v) is 3.84. The van der Waals surface area contributed by atoms with Gasteiger partial charge >= 0.3 is 12.1 Å². The highest BCUT2D eigenvalue weighted by Crippen LogP contribution is 2.21. The van der Waals surface area contributed by atoms with Crippen molar-refractivity contribution in [3.63, 3.8) is 0 Å². The lowest BCUT2D eigenvalue weighted by atomic mass is 10.2. The van der Waals surface area contributed by atoms with E-state index in [0.29, 0.717) is 18.8 Å². The Bertz CT molecular complexity index is 1170. The smallest absolute Gasteiger partial charge is 0.348 e. The molecule has 2 aromatic rings. The molecule has 3 amide bonds. The highest BCUT2D eigenvalue weighted by molar-refractivity contribution is 7.90. The maximum absolute atomic E-state index is 12.6. The number of nitrogens with one attached hydrogen (secondary N) is 1. The van der Waals surface area contributed by atoms with Crippen LogP contribution in [-0.2, 0) is 25.9 Å². The van der Waals surface area contributed by atoms with Crippen LogP contribution in [0.1, 0.15) is 5.56 Å². The number of anilines is 1. The molecule has 4 rings (SSSR count). The van der Waals surface area contributed by atoms with E-state index in [2.05, 4.69) is 10.3 Å². The van der Waals surface area contributed by atoms with Crippen LogP contribution in [0, 0.1) is 0 Å². The Morgan fingerprint density at radius 2 is 1.81 bits per heavy atom. The van der Waals surface area contributed by atoms with Gasteiger partial charge in [-0.05, 0) is 29.8 Å². The standard InChI is InChI=1S/C21H20N4O5S/c1-31(28,29)17-9-7-15(8-10-17)13-24-11-12-25-18(14-30-21(25)23-20(24)27)19(26)22-16-5-3-2-4-6-16/h2-10,14H,11-13H2,1H3,(H,22,26). The molecule has 1 N–H and O–H groups in total. The van der Waals surface area contributed by atoms with Crippen LogP contribution in [0.4, 0.5) is 10.5 Å². The molecule has 160 valence electrons. The lowest BCUT2D eigenvalue weighted by molar-refractivity contribution is -0.113. The van der Waals surface area contributed by atoms with Gasteiger partial charge in [-0.15, -0.1) is 4.99 Å². The molecule has 2 aromatic carbocycles. The number of carbonyl (C=O) groups is 2. The Balaban J connectivity index is 1.44. The minimum Gasteiger partial charge on any atom is -0.431 e. The third-order valence-corrected chi connectivity index (χ3v) is 5.97. The number of para-hydroxylation sites is 1. The Kier molecular flexibility index (Phi) is 5.47. The van der Waals surface area contributed by atoms with E-state index in [9.17, 15) is 18.0 Å². The average Bonchev–Trinajstić information content (AvgIpc) is 3.07. The minimum atomic E-state index is -3.29. The molecule has 0 aromatic heterocycles. The predicted octanol–water partition coefficient (Wildman–Crippen LogP) is 2.19. The van der Waals surface area contributed by atoms with Crippen LogP contribution in [0.2, 0.25) is 0 Å². The summed E-state index contributed by atoms with van der Waals surface area (Å²) in [6.07, 6.45) is 2.42. The van der Waals surface area contributed by atoms with Crippen molar-refractivity contribution >= 4 is 33.5 Å². The van der Waals surface area contributed by atoms with Gasteiger partial charge in [0.05, 0.1) is 4.90 Å². The fraction of sp³-hybridized carbons (Fsp3) is 0.190. The largest absolute Gasteiger partial charge is 0.431 e. The second kappa shape index (κ2) is 8.23. The van der Waals surface area contributed by atoms with Gasteiger partial charge in [-0.1, -0.05) is 30.3 Å². The summed E-state index contributed by atoms with van der Waals surface area (Å²) < 4.78 is 28.6. The maximum Gasteiger partial charge on any atom is 0.348 e. The Morgan fingerprint density at radius 3 is 2.48 bits per heavy atom. The molecule has 0 unspecified atom stereocenters. The summed E-state index contributed by atoms with van der Waals surface area (Å²) in [5.41, 5.74) is 1.67. The number of sulfone groups is 1. The van der Waals surface area contributed by atoms with Crippen molar-refractivity contribution in [3.05, 3.63) is 72.1 Å². The zero-order chi connectivity index (χ0) is 22.0. The van der Waals surface area contributed by atoms with E-state index in [-0.39, 0.29) is 29.1 Å². The predicted molar refractivity (Wildman–Crippen MR) is 114 cm³/mol. The number of ether oxygens (including phenoxy) is 1. The summed E-state index contributed by atoms with van der Waals surface area (Å²) in [4.78, 5) is 32.5. The van der Waals surface area contributed by atoms with E-state index >= 15 is 0 Å².